The molecule has 142 valence electrons. The Labute approximate surface area is 167 Å². The van der Waals surface area contributed by atoms with E-state index in [0.717, 1.165) is 11.4 Å². The summed E-state index contributed by atoms with van der Waals surface area (Å²) >= 11 is 5.87. The molecule has 0 unspecified atom stereocenters. The van der Waals surface area contributed by atoms with Gasteiger partial charge in [0.15, 0.2) is 0 Å². The van der Waals surface area contributed by atoms with Gasteiger partial charge in [-0.2, -0.15) is 0 Å². The van der Waals surface area contributed by atoms with Crippen LogP contribution in [0.5, 0.6) is 0 Å². The fraction of sp³-hybridized carbons (Fsp3) is 0.0952. The fourth-order valence-corrected chi connectivity index (χ4v) is 2.53. The first-order chi connectivity index (χ1) is 13.5. The SMILES string of the molecule is CCOC(=O)c1ccc(NC(=O)c2ccc(Nc3ccc(Cl)cc3)cn2)cc1. The van der Waals surface area contributed by atoms with E-state index in [-0.39, 0.29) is 11.6 Å². The van der Waals surface area contributed by atoms with E-state index >= 15 is 0 Å². The monoisotopic (exact) mass is 395 g/mol. The van der Waals surface area contributed by atoms with E-state index in [0.29, 0.717) is 22.9 Å². The Morgan fingerprint density at radius 3 is 2.18 bits per heavy atom. The Kier molecular flexibility index (Phi) is 6.24. The maximum Gasteiger partial charge on any atom is 0.338 e. The second-order valence-electron chi connectivity index (χ2n) is 5.82. The Morgan fingerprint density at radius 2 is 1.57 bits per heavy atom. The summed E-state index contributed by atoms with van der Waals surface area (Å²) in [4.78, 5) is 28.2. The average Bonchev–Trinajstić information content (AvgIpc) is 2.71. The van der Waals surface area contributed by atoms with Gasteiger partial charge in [-0.05, 0) is 67.6 Å². The molecule has 1 aromatic heterocycles. The number of hydrogen-bond acceptors (Lipinski definition) is 5. The normalized spacial score (nSPS) is 10.2. The molecule has 0 fully saturated rings. The molecule has 0 bridgehead atoms. The topological polar surface area (TPSA) is 80.3 Å². The minimum atomic E-state index is -0.397. The number of pyridine rings is 1. The van der Waals surface area contributed by atoms with Crippen molar-refractivity contribution in [1.82, 2.24) is 4.98 Å². The van der Waals surface area contributed by atoms with E-state index in [1.807, 2.05) is 12.1 Å². The highest BCUT2D eigenvalue weighted by Crippen LogP contribution is 2.19. The van der Waals surface area contributed by atoms with E-state index < -0.39 is 5.97 Å². The summed E-state index contributed by atoms with van der Waals surface area (Å²) in [5, 5.41) is 6.58. The van der Waals surface area contributed by atoms with Crippen molar-refractivity contribution in [1.29, 1.82) is 0 Å². The van der Waals surface area contributed by atoms with Crippen LogP contribution in [0.25, 0.3) is 0 Å². The van der Waals surface area contributed by atoms with Gasteiger partial charge in [0.2, 0.25) is 0 Å². The zero-order valence-corrected chi connectivity index (χ0v) is 15.9. The molecule has 0 radical (unpaired) electrons. The van der Waals surface area contributed by atoms with Gasteiger partial charge < -0.3 is 15.4 Å². The molecule has 0 atom stereocenters. The van der Waals surface area contributed by atoms with Crippen LogP contribution in [0.2, 0.25) is 5.02 Å². The van der Waals surface area contributed by atoms with Crippen LogP contribution in [0.1, 0.15) is 27.8 Å². The standard InChI is InChI=1S/C21H18ClN3O3/c1-2-28-21(27)14-3-7-17(8-4-14)25-20(26)19-12-11-18(13-23-19)24-16-9-5-15(22)6-10-16/h3-13,24H,2H2,1H3,(H,25,26). The molecule has 0 saturated carbocycles. The van der Waals surface area contributed by atoms with Crippen LogP contribution >= 0.6 is 11.6 Å². The number of hydrogen-bond donors (Lipinski definition) is 2. The zero-order chi connectivity index (χ0) is 19.9. The van der Waals surface area contributed by atoms with Crippen LogP contribution in [0.4, 0.5) is 17.1 Å². The molecule has 7 heteroatoms. The summed E-state index contributed by atoms with van der Waals surface area (Å²) in [7, 11) is 0. The van der Waals surface area contributed by atoms with Gasteiger partial charge in [0, 0.05) is 16.4 Å². The highest BCUT2D eigenvalue weighted by Gasteiger charge is 2.10. The molecule has 1 amide bonds. The number of esters is 1. The van der Waals surface area contributed by atoms with Crippen LogP contribution in [-0.4, -0.2) is 23.5 Å². The van der Waals surface area contributed by atoms with E-state index in [1.54, 1.807) is 61.7 Å². The van der Waals surface area contributed by atoms with Gasteiger partial charge >= 0.3 is 5.97 Å². The second kappa shape index (κ2) is 9.01. The Bertz CT molecular complexity index is 956. The van der Waals surface area contributed by atoms with Crippen molar-refractivity contribution >= 4 is 40.5 Å². The largest absolute Gasteiger partial charge is 0.462 e. The lowest BCUT2D eigenvalue weighted by Crippen LogP contribution is -2.14. The molecule has 0 aliphatic carbocycles. The van der Waals surface area contributed by atoms with Gasteiger partial charge in [0.25, 0.3) is 5.91 Å². The summed E-state index contributed by atoms with van der Waals surface area (Å²) in [6.07, 6.45) is 1.58. The van der Waals surface area contributed by atoms with Crippen molar-refractivity contribution in [3.05, 3.63) is 83.1 Å². The van der Waals surface area contributed by atoms with Crippen LogP contribution in [0.3, 0.4) is 0 Å². The highest BCUT2D eigenvalue weighted by molar-refractivity contribution is 6.30. The Morgan fingerprint density at radius 1 is 0.929 bits per heavy atom. The van der Waals surface area contributed by atoms with Crippen molar-refractivity contribution in [3.8, 4) is 0 Å². The quantitative estimate of drug-likeness (QED) is 0.580. The molecule has 0 spiro atoms. The molecule has 1 heterocycles. The van der Waals surface area contributed by atoms with Gasteiger partial charge in [-0.25, -0.2) is 9.78 Å². The maximum absolute atomic E-state index is 12.3. The number of rotatable bonds is 6. The molecule has 0 aliphatic rings. The number of carbonyl (C=O) groups is 2. The van der Waals surface area contributed by atoms with Crippen LogP contribution in [0, 0.1) is 0 Å². The average molecular weight is 396 g/mol. The highest BCUT2D eigenvalue weighted by atomic mass is 35.5. The number of nitrogens with one attached hydrogen (secondary N) is 2. The first-order valence-electron chi connectivity index (χ1n) is 8.62. The van der Waals surface area contributed by atoms with Gasteiger partial charge in [-0.3, -0.25) is 4.79 Å². The first kappa shape index (κ1) is 19.4. The van der Waals surface area contributed by atoms with Gasteiger partial charge in [0.1, 0.15) is 5.69 Å². The second-order valence-corrected chi connectivity index (χ2v) is 6.25. The van der Waals surface area contributed by atoms with Crippen molar-refractivity contribution in [2.75, 3.05) is 17.2 Å². The van der Waals surface area contributed by atoms with E-state index in [4.69, 9.17) is 16.3 Å². The molecular weight excluding hydrogens is 378 g/mol. The number of carbonyl (C=O) groups excluding carboxylic acids is 2. The third-order valence-corrected chi connectivity index (χ3v) is 4.03. The van der Waals surface area contributed by atoms with Crippen molar-refractivity contribution in [2.24, 2.45) is 0 Å². The molecule has 3 rings (SSSR count). The first-order valence-corrected chi connectivity index (χ1v) is 9.00. The Hall–Kier alpha value is -3.38. The summed E-state index contributed by atoms with van der Waals surface area (Å²) in [6, 6.07) is 17.1. The molecule has 0 aliphatic heterocycles. The molecule has 0 saturated heterocycles. The van der Waals surface area contributed by atoms with Crippen molar-refractivity contribution in [2.45, 2.75) is 6.92 Å². The van der Waals surface area contributed by atoms with E-state index in [1.165, 1.54) is 0 Å². The predicted octanol–water partition coefficient (Wildman–Crippen LogP) is 4.91. The van der Waals surface area contributed by atoms with Crippen molar-refractivity contribution < 1.29 is 14.3 Å². The summed E-state index contributed by atoms with van der Waals surface area (Å²) < 4.78 is 4.93. The number of ether oxygens (including phenoxy) is 1. The molecular formula is C21H18ClN3O3. The van der Waals surface area contributed by atoms with Gasteiger partial charge in [0.05, 0.1) is 24.1 Å². The van der Waals surface area contributed by atoms with Crippen molar-refractivity contribution in [3.63, 3.8) is 0 Å². The van der Waals surface area contributed by atoms with Crippen LogP contribution in [0.15, 0.2) is 66.9 Å². The minimum absolute atomic E-state index is 0.274. The fourth-order valence-electron chi connectivity index (χ4n) is 2.40. The summed E-state index contributed by atoms with van der Waals surface area (Å²) in [6.45, 7) is 2.06. The van der Waals surface area contributed by atoms with E-state index in [9.17, 15) is 9.59 Å². The lowest BCUT2D eigenvalue weighted by Gasteiger charge is -2.08. The van der Waals surface area contributed by atoms with Crippen LogP contribution in [-0.2, 0) is 4.74 Å². The smallest absolute Gasteiger partial charge is 0.338 e. The number of nitrogens with zero attached hydrogens (tertiary/aromatic N) is 1. The summed E-state index contributed by atoms with van der Waals surface area (Å²) in [5.74, 6) is -0.743. The lowest BCUT2D eigenvalue weighted by molar-refractivity contribution is 0.0526. The number of aromatic nitrogens is 1. The molecule has 3 aromatic rings. The Balaban J connectivity index is 1.61. The maximum atomic E-state index is 12.3. The number of anilines is 3. The lowest BCUT2D eigenvalue weighted by atomic mass is 10.2. The van der Waals surface area contributed by atoms with E-state index in [2.05, 4.69) is 15.6 Å². The number of amides is 1. The van der Waals surface area contributed by atoms with Crippen LogP contribution < -0.4 is 10.6 Å². The third-order valence-electron chi connectivity index (χ3n) is 3.78. The van der Waals surface area contributed by atoms with Gasteiger partial charge in [-0.15, -0.1) is 0 Å². The zero-order valence-electron chi connectivity index (χ0n) is 15.1. The predicted molar refractivity (Wildman–Crippen MR) is 109 cm³/mol. The number of halogens is 1. The summed E-state index contributed by atoms with van der Waals surface area (Å²) in [5.41, 5.74) is 2.87. The van der Waals surface area contributed by atoms with Gasteiger partial charge in [-0.1, -0.05) is 11.6 Å². The molecule has 2 aromatic carbocycles. The molecule has 2 N–H and O–H groups in total. The molecule has 28 heavy (non-hydrogen) atoms. The number of benzene rings is 2. The third kappa shape index (κ3) is 5.08. The minimum Gasteiger partial charge on any atom is -0.462 e. The molecule has 6 nitrogen and oxygen atoms in total.